The average molecular weight is 463 g/mol. The number of halogens is 2. The van der Waals surface area contributed by atoms with E-state index in [4.69, 9.17) is 16.3 Å². The molecule has 2 fully saturated rings. The third-order valence-corrected chi connectivity index (χ3v) is 6.48. The van der Waals surface area contributed by atoms with Gasteiger partial charge in [0.2, 0.25) is 0 Å². The van der Waals surface area contributed by atoms with Crippen LogP contribution in [0.1, 0.15) is 52.8 Å². The summed E-state index contributed by atoms with van der Waals surface area (Å²) in [6, 6.07) is 14.2. The number of amides is 1. The Morgan fingerprint density at radius 3 is 2.52 bits per heavy atom. The van der Waals surface area contributed by atoms with Gasteiger partial charge in [0, 0.05) is 17.6 Å². The molecule has 5 nitrogen and oxygen atoms in total. The predicted molar refractivity (Wildman–Crippen MR) is 125 cm³/mol. The number of esters is 1. The summed E-state index contributed by atoms with van der Waals surface area (Å²) in [4.78, 5) is 27.4. The van der Waals surface area contributed by atoms with Crippen molar-refractivity contribution in [1.82, 2.24) is 4.90 Å². The molecule has 7 heteroatoms. The minimum Gasteiger partial charge on any atom is -0.462 e. The van der Waals surface area contributed by atoms with Gasteiger partial charge in [0.1, 0.15) is 0 Å². The summed E-state index contributed by atoms with van der Waals surface area (Å²) < 4.78 is 5.65. The molecule has 0 saturated carbocycles. The molecule has 166 valence electrons. The third-order valence-electron chi connectivity index (χ3n) is 6.15. The standard InChI is InChI=1S/C24H27ClN2O3.ClH/c25-21-8-2-1-7-20(21)23(28)26-19-12-10-17(11-13-19)24(29)30-16-18-6-5-15-27-14-4-3-9-22(18)27;/h1-2,7-8,10-13,18,22H,3-6,9,14-16H2,(H,26,28);1H/t18-,22+;/m0./s1. The molecule has 2 atom stereocenters. The number of benzene rings is 2. The number of hydrogen-bond donors (Lipinski definition) is 1. The Balaban J connectivity index is 0.00000272. The quantitative estimate of drug-likeness (QED) is 0.601. The van der Waals surface area contributed by atoms with E-state index >= 15 is 0 Å². The van der Waals surface area contributed by atoms with Crippen molar-refractivity contribution in [2.24, 2.45) is 5.92 Å². The second-order valence-corrected chi connectivity index (χ2v) is 8.52. The first-order chi connectivity index (χ1) is 14.6. The highest BCUT2D eigenvalue weighted by Crippen LogP contribution is 2.31. The molecule has 0 aromatic heterocycles. The fourth-order valence-corrected chi connectivity index (χ4v) is 4.79. The highest BCUT2D eigenvalue weighted by Gasteiger charge is 2.33. The highest BCUT2D eigenvalue weighted by atomic mass is 35.5. The van der Waals surface area contributed by atoms with E-state index in [1.165, 1.54) is 38.8 Å². The number of ether oxygens (including phenoxy) is 1. The van der Waals surface area contributed by atoms with Crippen LogP contribution in [0.5, 0.6) is 0 Å². The van der Waals surface area contributed by atoms with Crippen molar-refractivity contribution in [3.05, 3.63) is 64.7 Å². The summed E-state index contributed by atoms with van der Waals surface area (Å²) in [6.45, 7) is 2.83. The van der Waals surface area contributed by atoms with Crippen molar-refractivity contribution in [1.29, 1.82) is 0 Å². The first-order valence-electron chi connectivity index (χ1n) is 10.7. The van der Waals surface area contributed by atoms with Gasteiger partial charge in [-0.25, -0.2) is 4.79 Å². The lowest BCUT2D eigenvalue weighted by molar-refractivity contribution is 0.00739. The van der Waals surface area contributed by atoms with E-state index in [-0.39, 0.29) is 24.3 Å². The van der Waals surface area contributed by atoms with Crippen molar-refractivity contribution in [2.75, 3.05) is 25.0 Å². The molecule has 4 rings (SSSR count). The second-order valence-electron chi connectivity index (χ2n) is 8.11. The molecule has 2 aromatic carbocycles. The minimum absolute atomic E-state index is 0. The Kier molecular flexibility index (Phi) is 8.35. The third kappa shape index (κ3) is 5.79. The monoisotopic (exact) mass is 462 g/mol. The predicted octanol–water partition coefficient (Wildman–Crippen LogP) is 5.44. The highest BCUT2D eigenvalue weighted by molar-refractivity contribution is 6.34. The van der Waals surface area contributed by atoms with E-state index in [0.717, 1.165) is 6.42 Å². The van der Waals surface area contributed by atoms with Crippen LogP contribution in [0.2, 0.25) is 5.02 Å². The lowest BCUT2D eigenvalue weighted by atomic mass is 9.84. The van der Waals surface area contributed by atoms with E-state index in [1.807, 2.05) is 0 Å². The maximum Gasteiger partial charge on any atom is 0.338 e. The topological polar surface area (TPSA) is 58.6 Å². The molecule has 2 heterocycles. The Hall–Kier alpha value is -2.08. The van der Waals surface area contributed by atoms with Crippen molar-refractivity contribution in [3.8, 4) is 0 Å². The van der Waals surface area contributed by atoms with Crippen molar-refractivity contribution >= 4 is 41.6 Å². The molecule has 0 unspecified atom stereocenters. The molecule has 2 aromatic rings. The molecule has 2 aliphatic rings. The number of rotatable bonds is 5. The molecular weight excluding hydrogens is 435 g/mol. The largest absolute Gasteiger partial charge is 0.462 e. The molecule has 1 N–H and O–H groups in total. The molecule has 31 heavy (non-hydrogen) atoms. The first-order valence-corrected chi connectivity index (χ1v) is 11.1. The Labute approximate surface area is 194 Å². The summed E-state index contributed by atoms with van der Waals surface area (Å²) in [7, 11) is 0. The molecule has 1 amide bonds. The number of hydrogen-bond acceptors (Lipinski definition) is 4. The lowest BCUT2D eigenvalue weighted by Gasteiger charge is -2.44. The molecule has 2 aliphatic heterocycles. The van der Waals surface area contributed by atoms with Gasteiger partial charge in [0.15, 0.2) is 0 Å². The van der Waals surface area contributed by atoms with Crippen LogP contribution in [0.15, 0.2) is 48.5 Å². The Morgan fingerprint density at radius 2 is 1.74 bits per heavy atom. The molecule has 0 radical (unpaired) electrons. The zero-order valence-electron chi connectivity index (χ0n) is 17.4. The zero-order chi connectivity index (χ0) is 20.9. The molecule has 0 aliphatic carbocycles. The summed E-state index contributed by atoms with van der Waals surface area (Å²) >= 11 is 6.07. The van der Waals surface area contributed by atoms with Crippen LogP contribution in [0.3, 0.4) is 0 Å². The van der Waals surface area contributed by atoms with Crippen molar-refractivity contribution < 1.29 is 14.3 Å². The van der Waals surface area contributed by atoms with Gasteiger partial charge in [0.05, 0.1) is 22.8 Å². The summed E-state index contributed by atoms with van der Waals surface area (Å²) in [5.74, 6) is -0.172. The number of carbonyl (C=O) groups excluding carboxylic acids is 2. The van der Waals surface area contributed by atoms with Gasteiger partial charge in [-0.2, -0.15) is 0 Å². The Morgan fingerprint density at radius 1 is 1.00 bits per heavy atom. The molecule has 0 bridgehead atoms. The second kappa shape index (κ2) is 11.0. The summed E-state index contributed by atoms with van der Waals surface area (Å²) in [5.41, 5.74) is 1.50. The van der Waals surface area contributed by atoms with E-state index in [0.29, 0.717) is 40.4 Å². The van der Waals surface area contributed by atoms with Gasteiger partial charge in [-0.3, -0.25) is 9.69 Å². The minimum atomic E-state index is -0.313. The van der Waals surface area contributed by atoms with Crippen LogP contribution in [0.4, 0.5) is 5.69 Å². The van der Waals surface area contributed by atoms with E-state index in [1.54, 1.807) is 48.5 Å². The fraction of sp³-hybridized carbons (Fsp3) is 0.417. The fourth-order valence-electron chi connectivity index (χ4n) is 4.57. The van der Waals surface area contributed by atoms with Crippen LogP contribution >= 0.6 is 24.0 Å². The first kappa shape index (κ1) is 23.6. The van der Waals surface area contributed by atoms with Crippen LogP contribution in [0, 0.1) is 5.92 Å². The Bertz CT molecular complexity index is 902. The van der Waals surface area contributed by atoms with Gasteiger partial charge in [0.25, 0.3) is 5.91 Å². The van der Waals surface area contributed by atoms with Crippen molar-refractivity contribution in [2.45, 2.75) is 38.1 Å². The average Bonchev–Trinajstić information content (AvgIpc) is 2.78. The number of nitrogens with zero attached hydrogens (tertiary/aromatic N) is 1. The number of nitrogens with one attached hydrogen (secondary N) is 1. The normalized spacial score (nSPS) is 20.8. The van der Waals surface area contributed by atoms with E-state index in [9.17, 15) is 9.59 Å². The molecule has 0 spiro atoms. The smallest absolute Gasteiger partial charge is 0.338 e. The lowest BCUT2D eigenvalue weighted by Crippen LogP contribution is -2.49. The zero-order valence-corrected chi connectivity index (χ0v) is 19.0. The van der Waals surface area contributed by atoms with Crippen molar-refractivity contribution in [3.63, 3.8) is 0 Å². The van der Waals surface area contributed by atoms with Crippen LogP contribution in [0.25, 0.3) is 0 Å². The number of carbonyl (C=O) groups is 2. The van der Waals surface area contributed by atoms with Crippen LogP contribution in [-0.2, 0) is 4.74 Å². The summed E-state index contributed by atoms with van der Waals surface area (Å²) in [6.07, 6.45) is 6.07. The van der Waals surface area contributed by atoms with E-state index < -0.39 is 0 Å². The van der Waals surface area contributed by atoms with Crippen LogP contribution < -0.4 is 5.32 Å². The van der Waals surface area contributed by atoms with Gasteiger partial charge in [-0.15, -0.1) is 12.4 Å². The van der Waals surface area contributed by atoms with Gasteiger partial charge in [-0.1, -0.05) is 30.2 Å². The molecular formula is C24H28Cl2N2O3. The number of piperidine rings is 2. The van der Waals surface area contributed by atoms with Crippen LogP contribution in [-0.4, -0.2) is 42.5 Å². The van der Waals surface area contributed by atoms with Gasteiger partial charge < -0.3 is 10.1 Å². The number of fused-ring (bicyclic) bond motifs is 1. The van der Waals surface area contributed by atoms with Gasteiger partial charge in [-0.05, 0) is 75.2 Å². The maximum atomic E-state index is 12.5. The maximum absolute atomic E-state index is 12.5. The SMILES string of the molecule is Cl.O=C(OC[C@@H]1CCCN2CCCC[C@H]12)c1ccc(NC(=O)c2ccccc2Cl)cc1. The van der Waals surface area contributed by atoms with E-state index in [2.05, 4.69) is 10.2 Å². The van der Waals surface area contributed by atoms with Gasteiger partial charge >= 0.3 is 5.97 Å². The number of anilines is 1. The summed E-state index contributed by atoms with van der Waals surface area (Å²) in [5, 5.41) is 3.20. The molecule has 2 saturated heterocycles.